The molecule has 1 aromatic rings. The first-order valence-corrected chi connectivity index (χ1v) is 11.1. The number of carbonyl (C=O) groups excluding carboxylic acids is 1. The average Bonchev–Trinajstić information content (AvgIpc) is 2.60. The average molecular weight is 433 g/mol. The van der Waals surface area contributed by atoms with Crippen LogP contribution in [0.4, 0.5) is 4.79 Å². The van der Waals surface area contributed by atoms with Gasteiger partial charge in [0, 0.05) is 18.0 Å². The standard InChI is InChI=1S/C19H31ClN2O2S.C2H6.CH4/c1-6-22(18(23)24-19(3,4)5)12-10-15-8-9-16(20)17(14(15)2)25-13-7-11-21;1-2;/h8-9H,6-7,10-13,21H2,1-5H3;1-2H3;1H4. The van der Waals surface area contributed by atoms with Gasteiger partial charge in [0.1, 0.15) is 5.60 Å². The molecule has 6 heteroatoms. The molecule has 1 amide bonds. The van der Waals surface area contributed by atoms with Crippen molar-refractivity contribution in [1.82, 2.24) is 4.90 Å². The molecule has 28 heavy (non-hydrogen) atoms. The van der Waals surface area contributed by atoms with E-state index in [9.17, 15) is 4.79 Å². The first kappa shape index (κ1) is 29.3. The van der Waals surface area contributed by atoms with Gasteiger partial charge in [0.05, 0.1) is 5.02 Å². The number of hydrogen-bond donors (Lipinski definition) is 1. The van der Waals surface area contributed by atoms with E-state index in [1.807, 2.05) is 53.7 Å². The third-order valence-corrected chi connectivity index (χ3v) is 5.48. The van der Waals surface area contributed by atoms with E-state index in [0.717, 1.165) is 28.5 Å². The molecule has 0 spiro atoms. The largest absolute Gasteiger partial charge is 0.444 e. The first-order chi connectivity index (χ1) is 12.7. The molecule has 164 valence electrons. The molecule has 0 heterocycles. The molecule has 0 aliphatic carbocycles. The predicted octanol–water partition coefficient (Wildman–Crippen LogP) is 6.55. The topological polar surface area (TPSA) is 55.6 Å². The Hall–Kier alpha value is -0.910. The van der Waals surface area contributed by atoms with Gasteiger partial charge in [-0.3, -0.25) is 0 Å². The van der Waals surface area contributed by atoms with Gasteiger partial charge >= 0.3 is 6.09 Å². The van der Waals surface area contributed by atoms with Crippen LogP contribution in [0.3, 0.4) is 0 Å². The summed E-state index contributed by atoms with van der Waals surface area (Å²) in [7, 11) is 0. The third-order valence-electron chi connectivity index (χ3n) is 3.75. The summed E-state index contributed by atoms with van der Waals surface area (Å²) in [5.41, 5.74) is 7.49. The van der Waals surface area contributed by atoms with Gasteiger partial charge in [0.15, 0.2) is 0 Å². The minimum Gasteiger partial charge on any atom is -0.444 e. The molecule has 0 unspecified atom stereocenters. The van der Waals surface area contributed by atoms with Crippen molar-refractivity contribution in [2.75, 3.05) is 25.4 Å². The van der Waals surface area contributed by atoms with Crippen LogP contribution in [0.5, 0.6) is 0 Å². The smallest absolute Gasteiger partial charge is 0.410 e. The number of hydrogen-bond acceptors (Lipinski definition) is 4. The Morgan fingerprint density at radius 3 is 2.39 bits per heavy atom. The Morgan fingerprint density at radius 1 is 1.29 bits per heavy atom. The molecule has 2 N–H and O–H groups in total. The summed E-state index contributed by atoms with van der Waals surface area (Å²) in [5, 5.41) is 0.780. The van der Waals surface area contributed by atoms with Crippen molar-refractivity contribution in [3.05, 3.63) is 28.3 Å². The molecule has 0 saturated carbocycles. The zero-order valence-corrected chi connectivity index (χ0v) is 19.6. The minimum atomic E-state index is -0.479. The summed E-state index contributed by atoms with van der Waals surface area (Å²) in [6, 6.07) is 3.99. The SMILES string of the molecule is C.CC.CCN(CCc1ccc(Cl)c(SCCCN)c1C)C(=O)OC(C)(C)C. The normalized spacial score (nSPS) is 10.5. The predicted molar refractivity (Wildman–Crippen MR) is 126 cm³/mol. The van der Waals surface area contributed by atoms with Gasteiger partial charge in [-0.1, -0.05) is 38.9 Å². The fourth-order valence-electron chi connectivity index (χ4n) is 2.37. The van der Waals surface area contributed by atoms with Crippen molar-refractivity contribution >= 4 is 29.5 Å². The molecule has 0 bridgehead atoms. The van der Waals surface area contributed by atoms with Gasteiger partial charge in [0.25, 0.3) is 0 Å². The van der Waals surface area contributed by atoms with Crippen molar-refractivity contribution < 1.29 is 9.53 Å². The first-order valence-electron chi connectivity index (χ1n) is 9.78. The fraction of sp³-hybridized carbons (Fsp3) is 0.682. The molecule has 4 nitrogen and oxygen atoms in total. The highest BCUT2D eigenvalue weighted by molar-refractivity contribution is 7.99. The van der Waals surface area contributed by atoms with Gasteiger partial charge in [-0.05, 0) is 77.0 Å². The lowest BCUT2D eigenvalue weighted by molar-refractivity contribution is 0.0262. The third kappa shape index (κ3) is 10.6. The number of likely N-dealkylation sites (N-methyl/N-ethyl adjacent to an activating group) is 1. The monoisotopic (exact) mass is 432 g/mol. The Balaban J connectivity index is 0. The van der Waals surface area contributed by atoms with Crippen molar-refractivity contribution in [3.8, 4) is 0 Å². The van der Waals surface area contributed by atoms with Gasteiger partial charge < -0.3 is 15.4 Å². The maximum atomic E-state index is 12.3. The summed E-state index contributed by atoms with van der Waals surface area (Å²) < 4.78 is 5.47. The van der Waals surface area contributed by atoms with Crippen LogP contribution in [-0.2, 0) is 11.2 Å². The number of nitrogens with two attached hydrogens (primary N) is 1. The molecule has 0 aliphatic heterocycles. The Morgan fingerprint density at radius 2 is 1.89 bits per heavy atom. The lowest BCUT2D eigenvalue weighted by Crippen LogP contribution is -2.37. The van der Waals surface area contributed by atoms with Crippen molar-refractivity contribution in [3.63, 3.8) is 0 Å². The summed E-state index contributed by atoms with van der Waals surface area (Å²) in [4.78, 5) is 15.1. The van der Waals surface area contributed by atoms with Gasteiger partial charge in [-0.2, -0.15) is 0 Å². The van der Waals surface area contributed by atoms with Gasteiger partial charge in [0.2, 0.25) is 0 Å². The summed E-state index contributed by atoms with van der Waals surface area (Å²) in [6.45, 7) is 15.6. The van der Waals surface area contributed by atoms with Crippen LogP contribution < -0.4 is 5.73 Å². The molecule has 0 aliphatic rings. The summed E-state index contributed by atoms with van der Waals surface area (Å²) in [6.07, 6.45) is 1.48. The van der Waals surface area contributed by atoms with Crippen LogP contribution in [0.1, 0.15) is 66.5 Å². The quantitative estimate of drug-likeness (QED) is 0.373. The zero-order valence-electron chi connectivity index (χ0n) is 18.0. The van der Waals surface area contributed by atoms with E-state index in [0.29, 0.717) is 19.6 Å². The number of benzene rings is 1. The van der Waals surface area contributed by atoms with Crippen LogP contribution >= 0.6 is 23.4 Å². The van der Waals surface area contributed by atoms with Gasteiger partial charge in [-0.15, -0.1) is 11.8 Å². The van der Waals surface area contributed by atoms with E-state index >= 15 is 0 Å². The number of carbonyl (C=O) groups is 1. The van der Waals surface area contributed by atoms with E-state index in [1.165, 1.54) is 11.1 Å². The highest BCUT2D eigenvalue weighted by atomic mass is 35.5. The minimum absolute atomic E-state index is 0. The van der Waals surface area contributed by atoms with E-state index in [1.54, 1.807) is 16.7 Å². The number of ether oxygens (including phenoxy) is 1. The lowest BCUT2D eigenvalue weighted by atomic mass is 10.1. The maximum Gasteiger partial charge on any atom is 0.410 e. The summed E-state index contributed by atoms with van der Waals surface area (Å²) in [5.74, 6) is 0.958. The number of thioether (sulfide) groups is 1. The van der Waals surface area contributed by atoms with Crippen LogP contribution in [0.2, 0.25) is 5.02 Å². The van der Waals surface area contributed by atoms with E-state index in [-0.39, 0.29) is 13.5 Å². The molecule has 0 radical (unpaired) electrons. The molecule has 0 aromatic heterocycles. The molecular weight excluding hydrogens is 392 g/mol. The molecule has 1 aromatic carbocycles. The second-order valence-corrected chi connectivity index (χ2v) is 8.47. The van der Waals surface area contributed by atoms with Crippen LogP contribution in [0, 0.1) is 6.92 Å². The highest BCUT2D eigenvalue weighted by Gasteiger charge is 2.21. The Labute approximate surface area is 182 Å². The van der Waals surface area contributed by atoms with Crippen molar-refractivity contribution in [2.45, 2.75) is 79.2 Å². The van der Waals surface area contributed by atoms with Crippen molar-refractivity contribution in [1.29, 1.82) is 0 Å². The van der Waals surface area contributed by atoms with E-state index in [2.05, 4.69) is 6.92 Å². The Bertz CT molecular complexity index is 574. The second-order valence-electron chi connectivity index (χ2n) is 6.96. The molecule has 0 atom stereocenters. The Kier molecular flexibility index (Phi) is 15.7. The fourth-order valence-corrected chi connectivity index (χ4v) is 3.80. The molecule has 0 fully saturated rings. The molecular formula is C22H41ClN2O2S. The zero-order chi connectivity index (χ0) is 21.0. The van der Waals surface area contributed by atoms with Crippen LogP contribution in [0.25, 0.3) is 0 Å². The van der Waals surface area contributed by atoms with Gasteiger partial charge in [-0.25, -0.2) is 4.79 Å². The lowest BCUT2D eigenvalue weighted by Gasteiger charge is -2.26. The highest BCUT2D eigenvalue weighted by Crippen LogP contribution is 2.33. The number of rotatable bonds is 8. The van der Waals surface area contributed by atoms with Crippen molar-refractivity contribution in [2.24, 2.45) is 5.73 Å². The number of nitrogens with zero attached hydrogens (tertiary/aromatic N) is 1. The second kappa shape index (κ2) is 15.0. The number of halogens is 1. The van der Waals surface area contributed by atoms with Crippen LogP contribution in [-0.4, -0.2) is 42.0 Å². The maximum absolute atomic E-state index is 12.3. The molecule has 0 saturated heterocycles. The van der Waals surface area contributed by atoms with E-state index < -0.39 is 5.60 Å². The molecule has 1 rings (SSSR count). The van der Waals surface area contributed by atoms with E-state index in [4.69, 9.17) is 22.1 Å². The number of amides is 1. The summed E-state index contributed by atoms with van der Waals surface area (Å²) >= 11 is 8.11. The van der Waals surface area contributed by atoms with Crippen LogP contribution in [0.15, 0.2) is 17.0 Å².